The van der Waals surface area contributed by atoms with Crippen LogP contribution in [0.4, 0.5) is 11.4 Å². The second kappa shape index (κ2) is 3.26. The minimum Gasteiger partial charge on any atom is -0.393 e. The zero-order valence-electron chi connectivity index (χ0n) is 7.28. The number of nitrogens with two attached hydrogens (primary N) is 1. The quantitative estimate of drug-likeness (QED) is 0.428. The van der Waals surface area contributed by atoms with Crippen LogP contribution >= 0.6 is 0 Å². The molecule has 1 aromatic carbocycles. The first-order valence-electron chi connectivity index (χ1n) is 3.72. The van der Waals surface area contributed by atoms with Gasteiger partial charge < -0.3 is 5.73 Å². The van der Waals surface area contributed by atoms with Gasteiger partial charge in [0.1, 0.15) is 5.69 Å². The van der Waals surface area contributed by atoms with Crippen LogP contribution in [-0.2, 0) is 0 Å². The third-order valence-electron chi connectivity index (χ3n) is 1.72. The summed E-state index contributed by atoms with van der Waals surface area (Å²) in [4.78, 5) is 9.99. The maximum absolute atomic E-state index is 10.5. The smallest absolute Gasteiger partial charge is 0.292 e. The van der Waals surface area contributed by atoms with Gasteiger partial charge in [-0.1, -0.05) is 18.2 Å². The number of hydrogen-bond donors (Lipinski definition) is 1. The summed E-state index contributed by atoms with van der Waals surface area (Å²) >= 11 is 0. The summed E-state index contributed by atoms with van der Waals surface area (Å²) in [6.07, 6.45) is 0. The van der Waals surface area contributed by atoms with Crippen molar-refractivity contribution in [2.45, 2.75) is 6.92 Å². The highest BCUT2D eigenvalue weighted by Gasteiger charge is 2.11. The van der Waals surface area contributed by atoms with E-state index in [1.54, 1.807) is 13.0 Å². The number of anilines is 1. The van der Waals surface area contributed by atoms with E-state index in [2.05, 4.69) is 6.58 Å². The Labute approximate surface area is 75.8 Å². The molecule has 0 aliphatic heterocycles. The van der Waals surface area contributed by atoms with Crippen LogP contribution in [-0.4, -0.2) is 4.92 Å². The summed E-state index contributed by atoms with van der Waals surface area (Å²) < 4.78 is 0. The van der Waals surface area contributed by atoms with Crippen LogP contribution in [0.3, 0.4) is 0 Å². The van der Waals surface area contributed by atoms with Gasteiger partial charge in [-0.2, -0.15) is 0 Å². The first kappa shape index (κ1) is 9.25. The van der Waals surface area contributed by atoms with Gasteiger partial charge in [0, 0.05) is 6.07 Å². The summed E-state index contributed by atoms with van der Waals surface area (Å²) in [5, 5.41) is 10.5. The lowest BCUT2D eigenvalue weighted by atomic mass is 10.1. The molecule has 0 aromatic heterocycles. The molecule has 13 heavy (non-hydrogen) atoms. The Hall–Kier alpha value is -1.84. The monoisotopic (exact) mass is 178 g/mol. The van der Waals surface area contributed by atoms with Crippen LogP contribution in [0.15, 0.2) is 24.8 Å². The molecule has 0 spiro atoms. The van der Waals surface area contributed by atoms with Gasteiger partial charge in [0.2, 0.25) is 0 Å². The minimum atomic E-state index is -0.498. The van der Waals surface area contributed by atoms with Gasteiger partial charge in [0.05, 0.1) is 4.92 Å². The summed E-state index contributed by atoms with van der Waals surface area (Å²) in [5.74, 6) is 0. The predicted molar refractivity (Wildman–Crippen MR) is 52.2 cm³/mol. The highest BCUT2D eigenvalue weighted by molar-refractivity contribution is 5.69. The van der Waals surface area contributed by atoms with E-state index in [0.29, 0.717) is 0 Å². The third-order valence-corrected chi connectivity index (χ3v) is 1.72. The molecule has 0 atom stereocenters. The summed E-state index contributed by atoms with van der Waals surface area (Å²) in [6.45, 7) is 5.48. The highest BCUT2D eigenvalue weighted by Crippen LogP contribution is 2.25. The van der Waals surface area contributed by atoms with E-state index in [4.69, 9.17) is 5.73 Å². The lowest BCUT2D eigenvalue weighted by Crippen LogP contribution is -1.96. The Morgan fingerprint density at radius 2 is 2.23 bits per heavy atom. The second-order valence-electron chi connectivity index (χ2n) is 2.81. The molecule has 0 aliphatic carbocycles. The fourth-order valence-corrected chi connectivity index (χ4v) is 0.967. The van der Waals surface area contributed by atoms with E-state index in [1.807, 2.05) is 0 Å². The Morgan fingerprint density at radius 1 is 1.62 bits per heavy atom. The van der Waals surface area contributed by atoms with Gasteiger partial charge in [-0.15, -0.1) is 0 Å². The molecule has 0 unspecified atom stereocenters. The van der Waals surface area contributed by atoms with Crippen LogP contribution in [0, 0.1) is 10.1 Å². The zero-order chi connectivity index (χ0) is 10.0. The minimum absolute atomic E-state index is 0.0690. The molecular weight excluding hydrogens is 168 g/mol. The maximum Gasteiger partial charge on any atom is 0.292 e. The maximum atomic E-state index is 10.5. The number of rotatable bonds is 2. The molecule has 68 valence electrons. The van der Waals surface area contributed by atoms with Crippen molar-refractivity contribution in [2.75, 3.05) is 5.73 Å². The standard InChI is InChI=1S/C9H10N2O2/c1-6(2)7-3-4-8(10)9(5-7)11(12)13/h3-5H,1,10H2,2H3. The van der Waals surface area contributed by atoms with Crippen molar-refractivity contribution >= 4 is 16.9 Å². The third kappa shape index (κ3) is 1.84. The average Bonchev–Trinajstić information content (AvgIpc) is 2.04. The molecule has 0 heterocycles. The lowest BCUT2D eigenvalue weighted by Gasteiger charge is -2.01. The van der Waals surface area contributed by atoms with Crippen molar-refractivity contribution in [1.82, 2.24) is 0 Å². The van der Waals surface area contributed by atoms with Gasteiger partial charge >= 0.3 is 0 Å². The van der Waals surface area contributed by atoms with Gasteiger partial charge in [-0.3, -0.25) is 10.1 Å². The SMILES string of the molecule is C=C(C)c1ccc(N)c([N+](=O)[O-])c1. The Morgan fingerprint density at radius 3 is 2.69 bits per heavy atom. The fraction of sp³-hybridized carbons (Fsp3) is 0.111. The van der Waals surface area contributed by atoms with E-state index in [0.717, 1.165) is 11.1 Å². The van der Waals surface area contributed by atoms with Crippen LogP contribution in [0.1, 0.15) is 12.5 Å². The van der Waals surface area contributed by atoms with Gasteiger partial charge in [0.15, 0.2) is 0 Å². The molecule has 2 N–H and O–H groups in total. The van der Waals surface area contributed by atoms with Crippen LogP contribution in [0.5, 0.6) is 0 Å². The van der Waals surface area contributed by atoms with Crippen LogP contribution < -0.4 is 5.73 Å². The van der Waals surface area contributed by atoms with Gasteiger partial charge in [0.25, 0.3) is 5.69 Å². The first-order chi connectivity index (χ1) is 6.02. The molecule has 1 aromatic rings. The summed E-state index contributed by atoms with van der Waals surface area (Å²) in [7, 11) is 0. The molecule has 4 heteroatoms. The molecule has 0 saturated heterocycles. The Kier molecular flexibility index (Phi) is 2.32. The van der Waals surface area contributed by atoms with Crippen LogP contribution in [0.25, 0.3) is 5.57 Å². The highest BCUT2D eigenvalue weighted by atomic mass is 16.6. The summed E-state index contributed by atoms with van der Waals surface area (Å²) in [5.41, 5.74) is 7.04. The lowest BCUT2D eigenvalue weighted by molar-refractivity contribution is -0.383. The number of allylic oxidation sites excluding steroid dienone is 1. The summed E-state index contributed by atoms with van der Waals surface area (Å²) in [6, 6.07) is 4.66. The van der Waals surface area contributed by atoms with Crippen LogP contribution in [0.2, 0.25) is 0 Å². The topological polar surface area (TPSA) is 69.2 Å². The first-order valence-corrected chi connectivity index (χ1v) is 3.72. The number of nitrogen functional groups attached to an aromatic ring is 1. The molecule has 0 amide bonds. The molecule has 0 aliphatic rings. The van der Waals surface area contributed by atoms with Crippen molar-refractivity contribution in [2.24, 2.45) is 0 Å². The number of nitro groups is 1. The van der Waals surface area contributed by atoms with Gasteiger partial charge in [-0.05, 0) is 18.6 Å². The van der Waals surface area contributed by atoms with Crippen molar-refractivity contribution in [3.05, 3.63) is 40.5 Å². The van der Waals surface area contributed by atoms with E-state index < -0.39 is 4.92 Å². The number of benzene rings is 1. The van der Waals surface area contributed by atoms with Crippen molar-refractivity contribution in [1.29, 1.82) is 0 Å². The number of nitrogens with zero attached hydrogens (tertiary/aromatic N) is 1. The van der Waals surface area contributed by atoms with E-state index in [9.17, 15) is 10.1 Å². The molecule has 4 nitrogen and oxygen atoms in total. The fourth-order valence-electron chi connectivity index (χ4n) is 0.967. The normalized spacial score (nSPS) is 9.62. The van der Waals surface area contributed by atoms with E-state index >= 15 is 0 Å². The molecule has 0 saturated carbocycles. The number of nitro benzene ring substituents is 1. The molecule has 1 rings (SSSR count). The second-order valence-corrected chi connectivity index (χ2v) is 2.81. The van der Waals surface area contributed by atoms with E-state index in [1.165, 1.54) is 12.1 Å². The molecule has 0 radical (unpaired) electrons. The van der Waals surface area contributed by atoms with Gasteiger partial charge in [-0.25, -0.2) is 0 Å². The largest absolute Gasteiger partial charge is 0.393 e. The number of hydrogen-bond acceptors (Lipinski definition) is 3. The predicted octanol–water partition coefficient (Wildman–Crippen LogP) is 2.21. The van der Waals surface area contributed by atoms with Crippen molar-refractivity contribution in [3.8, 4) is 0 Å². The molecular formula is C9H10N2O2. The van der Waals surface area contributed by atoms with Crippen molar-refractivity contribution < 1.29 is 4.92 Å². The Balaban J connectivity index is 3.27. The van der Waals surface area contributed by atoms with Crippen molar-refractivity contribution in [3.63, 3.8) is 0 Å². The molecule has 0 bridgehead atoms. The average molecular weight is 178 g/mol. The Bertz CT molecular complexity index is 372. The molecule has 0 fully saturated rings. The zero-order valence-corrected chi connectivity index (χ0v) is 7.28. The van der Waals surface area contributed by atoms with E-state index in [-0.39, 0.29) is 11.4 Å².